The van der Waals surface area contributed by atoms with Crippen LogP contribution in [0, 0.1) is 46.0 Å². The number of allylic oxidation sites excluding steroid dienone is 2. The van der Waals surface area contributed by atoms with E-state index in [0.717, 1.165) is 0 Å². The van der Waals surface area contributed by atoms with Crippen molar-refractivity contribution in [2.75, 3.05) is 7.11 Å². The smallest absolute Gasteiger partial charge is 0.310 e. The van der Waals surface area contributed by atoms with Crippen LogP contribution in [0.3, 0.4) is 0 Å². The topological polar surface area (TPSA) is 59.3 Å². The van der Waals surface area contributed by atoms with Crippen LogP contribution < -0.4 is 0 Å². The maximum absolute atomic E-state index is 14.2. The fraction of sp³-hybridized carbons (Fsp3) is 0.474. The molecule has 0 spiro atoms. The SMILES string of the molecule is COCc1c(F)c(F)c(COC(=O)[C@@H]2[C@@H](/C=C(/C)C#N)C2(C)C)c(Cl)c1F. The molecule has 146 valence electrons. The van der Waals surface area contributed by atoms with Gasteiger partial charge in [0.25, 0.3) is 0 Å². The van der Waals surface area contributed by atoms with E-state index in [1.54, 1.807) is 13.0 Å². The highest BCUT2D eigenvalue weighted by molar-refractivity contribution is 6.31. The fourth-order valence-corrected chi connectivity index (χ4v) is 3.35. The van der Waals surface area contributed by atoms with Crippen LogP contribution in [0.2, 0.25) is 5.02 Å². The molecule has 0 N–H and O–H groups in total. The lowest BCUT2D eigenvalue weighted by Gasteiger charge is -2.13. The molecule has 1 aromatic rings. The average Bonchev–Trinajstić information content (AvgIpc) is 3.16. The number of hydrogen-bond donors (Lipinski definition) is 0. The van der Waals surface area contributed by atoms with Crippen LogP contribution in [0.5, 0.6) is 0 Å². The van der Waals surface area contributed by atoms with E-state index in [1.807, 2.05) is 19.9 Å². The minimum absolute atomic E-state index is 0.206. The van der Waals surface area contributed by atoms with E-state index < -0.39 is 64.1 Å². The molecule has 0 saturated heterocycles. The highest BCUT2D eigenvalue weighted by Gasteiger charge is 2.61. The summed E-state index contributed by atoms with van der Waals surface area (Å²) in [6.45, 7) is 4.09. The molecule has 0 bridgehead atoms. The quantitative estimate of drug-likeness (QED) is 0.394. The molecule has 2 rings (SSSR count). The van der Waals surface area contributed by atoms with Crippen molar-refractivity contribution in [2.45, 2.75) is 34.0 Å². The van der Waals surface area contributed by atoms with E-state index in [9.17, 15) is 18.0 Å². The fourth-order valence-electron chi connectivity index (χ4n) is 3.10. The van der Waals surface area contributed by atoms with Gasteiger partial charge in [0.2, 0.25) is 0 Å². The number of rotatable bonds is 6. The van der Waals surface area contributed by atoms with Crippen LogP contribution >= 0.6 is 11.6 Å². The minimum Gasteiger partial charge on any atom is -0.460 e. The third kappa shape index (κ3) is 3.97. The van der Waals surface area contributed by atoms with Gasteiger partial charge in [-0.15, -0.1) is 0 Å². The standard InChI is InChI=1S/C19H19ClF3NO3/c1-9(6-24)5-12-13(19(12,2)3)18(25)27-8-10-14(20)15(21)11(7-26-4)17(23)16(10)22/h5,12-13H,7-8H2,1-4H3/b9-5-/t12-,13+/m1/s1. The van der Waals surface area contributed by atoms with E-state index in [-0.39, 0.29) is 5.92 Å². The van der Waals surface area contributed by atoms with Crippen molar-refractivity contribution >= 4 is 17.6 Å². The van der Waals surface area contributed by atoms with Crippen molar-refractivity contribution in [1.82, 2.24) is 0 Å². The first-order valence-electron chi connectivity index (χ1n) is 8.15. The Labute approximate surface area is 160 Å². The van der Waals surface area contributed by atoms with Crippen LogP contribution in [0.1, 0.15) is 31.9 Å². The molecule has 8 heteroatoms. The number of nitrogens with zero attached hydrogens (tertiary/aromatic N) is 1. The van der Waals surface area contributed by atoms with Gasteiger partial charge in [0, 0.05) is 18.2 Å². The second-order valence-electron chi connectivity index (χ2n) is 7.04. The van der Waals surface area contributed by atoms with E-state index in [2.05, 4.69) is 4.74 Å². The van der Waals surface area contributed by atoms with Crippen molar-refractivity contribution in [3.8, 4) is 6.07 Å². The molecule has 1 aromatic carbocycles. The number of halogens is 4. The molecule has 2 atom stereocenters. The Morgan fingerprint density at radius 3 is 2.37 bits per heavy atom. The zero-order valence-corrected chi connectivity index (χ0v) is 16.1. The summed E-state index contributed by atoms with van der Waals surface area (Å²) < 4.78 is 52.1. The second kappa shape index (κ2) is 7.91. The molecule has 27 heavy (non-hydrogen) atoms. The Hall–Kier alpha value is -2.04. The number of carbonyl (C=O) groups is 1. The average molecular weight is 402 g/mol. The Morgan fingerprint density at radius 2 is 1.81 bits per heavy atom. The van der Waals surface area contributed by atoms with Gasteiger partial charge in [0.05, 0.1) is 29.2 Å². The summed E-state index contributed by atoms with van der Waals surface area (Å²) in [7, 11) is 1.21. The molecular formula is C19H19ClF3NO3. The van der Waals surface area contributed by atoms with Gasteiger partial charge < -0.3 is 9.47 Å². The Kier molecular flexibility index (Phi) is 6.23. The number of benzene rings is 1. The molecular weight excluding hydrogens is 383 g/mol. The summed E-state index contributed by atoms with van der Waals surface area (Å²) in [5.74, 6) is -5.35. The van der Waals surface area contributed by atoms with Crippen molar-refractivity contribution in [3.05, 3.63) is 45.3 Å². The highest BCUT2D eigenvalue weighted by atomic mass is 35.5. The molecule has 1 fully saturated rings. The molecule has 0 amide bonds. The molecule has 1 saturated carbocycles. The summed E-state index contributed by atoms with van der Waals surface area (Å²) in [5, 5.41) is 8.21. The summed E-state index contributed by atoms with van der Waals surface area (Å²) in [5.41, 5.74) is -1.17. The number of carbonyl (C=O) groups excluding carboxylic acids is 1. The Morgan fingerprint density at radius 1 is 1.22 bits per heavy atom. The second-order valence-corrected chi connectivity index (χ2v) is 7.42. The lowest BCUT2D eigenvalue weighted by Crippen LogP contribution is -2.13. The lowest BCUT2D eigenvalue weighted by molar-refractivity contribution is -0.147. The van der Waals surface area contributed by atoms with Crippen LogP contribution in [-0.2, 0) is 27.5 Å². The van der Waals surface area contributed by atoms with Crippen molar-refractivity contribution in [3.63, 3.8) is 0 Å². The van der Waals surface area contributed by atoms with Gasteiger partial charge in [-0.2, -0.15) is 5.26 Å². The third-order valence-corrected chi connectivity index (χ3v) is 5.26. The first-order chi connectivity index (χ1) is 12.6. The van der Waals surface area contributed by atoms with Gasteiger partial charge in [0.15, 0.2) is 17.5 Å². The normalized spacial score (nSPS) is 20.9. The van der Waals surface area contributed by atoms with Gasteiger partial charge in [-0.05, 0) is 18.3 Å². The van der Waals surface area contributed by atoms with Crippen molar-refractivity contribution in [2.24, 2.45) is 17.3 Å². The van der Waals surface area contributed by atoms with E-state index in [1.165, 1.54) is 7.11 Å². The zero-order chi connectivity index (χ0) is 20.5. The van der Waals surface area contributed by atoms with Crippen molar-refractivity contribution in [1.29, 1.82) is 5.26 Å². The largest absolute Gasteiger partial charge is 0.460 e. The minimum atomic E-state index is -1.43. The number of methoxy groups -OCH3 is 1. The molecule has 0 unspecified atom stereocenters. The van der Waals surface area contributed by atoms with Gasteiger partial charge in [0.1, 0.15) is 6.61 Å². The van der Waals surface area contributed by atoms with Gasteiger partial charge in [-0.25, -0.2) is 13.2 Å². The molecule has 1 aliphatic carbocycles. The molecule has 0 aromatic heterocycles. The summed E-state index contributed by atoms with van der Waals surface area (Å²) in [6.07, 6.45) is 1.68. The molecule has 1 aliphatic rings. The lowest BCUT2D eigenvalue weighted by atomic mass is 10.1. The number of ether oxygens (including phenoxy) is 2. The van der Waals surface area contributed by atoms with E-state index >= 15 is 0 Å². The zero-order valence-electron chi connectivity index (χ0n) is 15.3. The molecule has 4 nitrogen and oxygen atoms in total. The highest BCUT2D eigenvalue weighted by Crippen LogP contribution is 2.59. The molecule has 0 radical (unpaired) electrons. The molecule has 0 aliphatic heterocycles. The molecule has 0 heterocycles. The van der Waals surface area contributed by atoms with E-state index in [4.69, 9.17) is 21.6 Å². The summed E-state index contributed by atoms with van der Waals surface area (Å²) in [6, 6.07) is 1.98. The first kappa shape index (κ1) is 21.3. The first-order valence-corrected chi connectivity index (χ1v) is 8.53. The van der Waals surface area contributed by atoms with Gasteiger partial charge in [-0.1, -0.05) is 31.5 Å². The van der Waals surface area contributed by atoms with Crippen LogP contribution in [-0.4, -0.2) is 13.1 Å². The predicted octanol–water partition coefficient (Wildman–Crippen LogP) is 4.69. The van der Waals surface area contributed by atoms with Crippen molar-refractivity contribution < 1.29 is 27.4 Å². The predicted molar refractivity (Wildman–Crippen MR) is 92.0 cm³/mol. The van der Waals surface area contributed by atoms with Gasteiger partial charge >= 0.3 is 5.97 Å². The van der Waals surface area contributed by atoms with Crippen LogP contribution in [0.15, 0.2) is 11.6 Å². The Balaban J connectivity index is 2.18. The summed E-state index contributed by atoms with van der Waals surface area (Å²) >= 11 is 5.79. The summed E-state index contributed by atoms with van der Waals surface area (Å²) in [4.78, 5) is 12.3. The van der Waals surface area contributed by atoms with Gasteiger partial charge in [-0.3, -0.25) is 4.79 Å². The van der Waals surface area contributed by atoms with E-state index in [0.29, 0.717) is 5.57 Å². The number of esters is 1. The monoisotopic (exact) mass is 401 g/mol. The number of hydrogen-bond acceptors (Lipinski definition) is 4. The van der Waals surface area contributed by atoms with Crippen LogP contribution in [0.4, 0.5) is 13.2 Å². The third-order valence-electron chi connectivity index (χ3n) is 4.86. The number of nitriles is 1. The maximum atomic E-state index is 14.2. The Bertz CT molecular complexity index is 817. The maximum Gasteiger partial charge on any atom is 0.310 e. The van der Waals surface area contributed by atoms with Crippen LogP contribution in [0.25, 0.3) is 0 Å².